The van der Waals surface area contributed by atoms with E-state index >= 15 is 0 Å². The summed E-state index contributed by atoms with van der Waals surface area (Å²) < 4.78 is 38.4. The van der Waals surface area contributed by atoms with Crippen LogP contribution >= 0.6 is 0 Å². The Morgan fingerprint density at radius 2 is 1.95 bits per heavy atom. The minimum atomic E-state index is -4.51. The lowest BCUT2D eigenvalue weighted by Crippen LogP contribution is -2.14. The van der Waals surface area contributed by atoms with Gasteiger partial charge in [0.25, 0.3) is 0 Å². The van der Waals surface area contributed by atoms with Crippen molar-refractivity contribution >= 4 is 0 Å². The molecular weight excluding hydrogens is 257 g/mol. The Morgan fingerprint density at radius 3 is 2.58 bits per heavy atom. The van der Waals surface area contributed by atoms with Gasteiger partial charge in [-0.1, -0.05) is 6.07 Å². The molecule has 0 saturated carbocycles. The summed E-state index contributed by atoms with van der Waals surface area (Å²) in [7, 11) is 0. The Hall–Kier alpha value is -1.95. The summed E-state index contributed by atoms with van der Waals surface area (Å²) in [5.74, 6) is 0. The van der Waals surface area contributed by atoms with E-state index in [1.165, 1.54) is 6.20 Å². The van der Waals surface area contributed by atoms with Crippen molar-refractivity contribution in [3.8, 4) is 0 Å². The molecule has 1 unspecified atom stereocenters. The Morgan fingerprint density at radius 1 is 1.16 bits per heavy atom. The normalized spacial score (nSPS) is 13.3. The molecule has 0 bridgehead atoms. The van der Waals surface area contributed by atoms with Crippen molar-refractivity contribution in [2.45, 2.75) is 18.7 Å². The number of nitrogens with zero attached hydrogens (tertiary/aromatic N) is 2. The summed E-state index contributed by atoms with van der Waals surface area (Å²) in [6.45, 7) is 0. The number of halogens is 3. The van der Waals surface area contributed by atoms with Gasteiger partial charge in [0.15, 0.2) is 0 Å². The number of aliphatic hydroxyl groups excluding tert-OH is 1. The van der Waals surface area contributed by atoms with E-state index in [0.29, 0.717) is 5.69 Å². The van der Waals surface area contributed by atoms with Gasteiger partial charge in [0.2, 0.25) is 0 Å². The van der Waals surface area contributed by atoms with Crippen molar-refractivity contribution in [3.05, 3.63) is 59.7 Å². The van der Waals surface area contributed by atoms with Gasteiger partial charge >= 0.3 is 6.18 Å². The van der Waals surface area contributed by atoms with Gasteiger partial charge in [0.1, 0.15) is 0 Å². The van der Waals surface area contributed by atoms with E-state index in [2.05, 4.69) is 9.97 Å². The first kappa shape index (κ1) is 13.5. The lowest BCUT2D eigenvalue weighted by molar-refractivity contribution is -0.139. The van der Waals surface area contributed by atoms with Gasteiger partial charge in [-0.25, -0.2) is 0 Å². The van der Waals surface area contributed by atoms with Crippen LogP contribution < -0.4 is 0 Å². The molecule has 1 N–H and O–H groups in total. The molecular formula is C13H11F3N2O. The number of aromatic nitrogens is 2. The number of alkyl halides is 3. The molecule has 19 heavy (non-hydrogen) atoms. The fraction of sp³-hybridized carbons (Fsp3) is 0.231. The highest BCUT2D eigenvalue weighted by molar-refractivity contribution is 5.29. The molecule has 0 amide bonds. The SMILES string of the molecule is OC(Cc1ccccn1)c1cnccc1C(F)(F)F. The lowest BCUT2D eigenvalue weighted by Gasteiger charge is -2.16. The number of aliphatic hydroxyl groups is 1. The molecule has 0 fully saturated rings. The van der Waals surface area contributed by atoms with Gasteiger partial charge in [0, 0.05) is 36.3 Å². The standard InChI is InChI=1S/C13H11F3N2O/c14-13(15,16)11-4-6-17-8-10(11)12(19)7-9-3-1-2-5-18-9/h1-6,8,12,19H,7H2. The molecule has 100 valence electrons. The van der Waals surface area contributed by atoms with E-state index in [0.717, 1.165) is 18.5 Å². The first-order chi connectivity index (χ1) is 8.98. The fourth-order valence-corrected chi connectivity index (χ4v) is 1.76. The first-order valence-electron chi connectivity index (χ1n) is 5.57. The minimum absolute atomic E-state index is 0.00954. The van der Waals surface area contributed by atoms with Crippen LogP contribution in [0.25, 0.3) is 0 Å². The van der Waals surface area contributed by atoms with Gasteiger partial charge in [0.05, 0.1) is 11.7 Å². The summed E-state index contributed by atoms with van der Waals surface area (Å²) in [5, 5.41) is 9.94. The molecule has 0 aliphatic carbocycles. The van der Waals surface area contributed by atoms with Crippen LogP contribution in [0.5, 0.6) is 0 Å². The average Bonchev–Trinajstić information content (AvgIpc) is 2.39. The molecule has 6 heteroatoms. The van der Waals surface area contributed by atoms with Crippen molar-refractivity contribution in [2.75, 3.05) is 0 Å². The van der Waals surface area contributed by atoms with Gasteiger partial charge in [-0.15, -0.1) is 0 Å². The molecule has 0 spiro atoms. The van der Waals surface area contributed by atoms with Crippen LogP contribution in [0.2, 0.25) is 0 Å². The van der Waals surface area contributed by atoms with Crippen LogP contribution in [0.4, 0.5) is 13.2 Å². The molecule has 0 aromatic carbocycles. The van der Waals surface area contributed by atoms with E-state index in [1.807, 2.05) is 0 Å². The zero-order valence-corrected chi connectivity index (χ0v) is 9.80. The number of hydrogen-bond acceptors (Lipinski definition) is 3. The molecule has 2 aromatic rings. The van der Waals surface area contributed by atoms with Crippen LogP contribution in [0.15, 0.2) is 42.9 Å². The summed E-state index contributed by atoms with van der Waals surface area (Å²) >= 11 is 0. The molecule has 0 saturated heterocycles. The van der Waals surface area contributed by atoms with Crippen LogP contribution in [0, 0.1) is 0 Å². The Balaban J connectivity index is 2.27. The first-order valence-corrected chi connectivity index (χ1v) is 5.57. The lowest BCUT2D eigenvalue weighted by atomic mass is 10.0. The van der Waals surface area contributed by atoms with Gasteiger partial charge < -0.3 is 5.11 Å². The summed E-state index contributed by atoms with van der Waals surface area (Å²) in [6, 6.07) is 5.91. The second-order valence-electron chi connectivity index (χ2n) is 4.00. The second-order valence-corrected chi connectivity index (χ2v) is 4.00. The molecule has 2 heterocycles. The van der Waals surface area contributed by atoms with Gasteiger partial charge in [-0.3, -0.25) is 9.97 Å². The average molecular weight is 268 g/mol. The highest BCUT2D eigenvalue weighted by atomic mass is 19.4. The largest absolute Gasteiger partial charge is 0.416 e. The molecule has 0 aliphatic rings. The summed E-state index contributed by atoms with van der Waals surface area (Å²) in [6.07, 6.45) is -2.18. The molecule has 1 atom stereocenters. The summed E-state index contributed by atoms with van der Waals surface area (Å²) in [4.78, 5) is 7.62. The van der Waals surface area contributed by atoms with E-state index < -0.39 is 17.8 Å². The molecule has 2 rings (SSSR count). The zero-order chi connectivity index (χ0) is 13.9. The van der Waals surface area contributed by atoms with Crippen molar-refractivity contribution < 1.29 is 18.3 Å². The van der Waals surface area contributed by atoms with Crippen LogP contribution in [-0.2, 0) is 12.6 Å². The maximum absolute atomic E-state index is 12.8. The third kappa shape index (κ3) is 3.29. The third-order valence-corrected chi connectivity index (χ3v) is 2.64. The maximum atomic E-state index is 12.8. The number of hydrogen-bond donors (Lipinski definition) is 1. The highest BCUT2D eigenvalue weighted by Gasteiger charge is 2.35. The van der Waals surface area contributed by atoms with E-state index in [-0.39, 0.29) is 12.0 Å². The van der Waals surface area contributed by atoms with Gasteiger partial charge in [-0.2, -0.15) is 13.2 Å². The zero-order valence-electron chi connectivity index (χ0n) is 9.80. The number of pyridine rings is 2. The van der Waals surface area contributed by atoms with E-state index in [1.54, 1.807) is 18.2 Å². The second kappa shape index (κ2) is 5.36. The molecule has 0 radical (unpaired) electrons. The van der Waals surface area contributed by atoms with Crippen molar-refractivity contribution in [1.82, 2.24) is 9.97 Å². The van der Waals surface area contributed by atoms with Crippen molar-refractivity contribution in [2.24, 2.45) is 0 Å². The van der Waals surface area contributed by atoms with Crippen LogP contribution in [0.3, 0.4) is 0 Å². The smallest absolute Gasteiger partial charge is 0.388 e. The molecule has 2 aromatic heterocycles. The Kier molecular flexibility index (Phi) is 3.80. The van der Waals surface area contributed by atoms with Crippen LogP contribution in [0.1, 0.15) is 22.9 Å². The fourth-order valence-electron chi connectivity index (χ4n) is 1.76. The monoisotopic (exact) mass is 268 g/mol. The predicted molar refractivity (Wildman–Crippen MR) is 62.1 cm³/mol. The van der Waals surface area contributed by atoms with Crippen molar-refractivity contribution in [1.29, 1.82) is 0 Å². The van der Waals surface area contributed by atoms with Crippen LogP contribution in [-0.4, -0.2) is 15.1 Å². The topological polar surface area (TPSA) is 46.0 Å². The minimum Gasteiger partial charge on any atom is -0.388 e. The highest BCUT2D eigenvalue weighted by Crippen LogP contribution is 2.34. The molecule has 0 aliphatic heterocycles. The summed E-state index contributed by atoms with van der Waals surface area (Å²) in [5.41, 5.74) is -0.585. The maximum Gasteiger partial charge on any atom is 0.416 e. The Bertz CT molecular complexity index is 543. The van der Waals surface area contributed by atoms with Crippen molar-refractivity contribution in [3.63, 3.8) is 0 Å². The number of rotatable bonds is 3. The van der Waals surface area contributed by atoms with Gasteiger partial charge in [-0.05, 0) is 18.2 Å². The Labute approximate surface area is 107 Å². The third-order valence-electron chi connectivity index (χ3n) is 2.64. The quantitative estimate of drug-likeness (QED) is 0.931. The predicted octanol–water partition coefficient (Wildman–Crippen LogP) is 2.77. The molecule has 3 nitrogen and oxygen atoms in total. The van der Waals surface area contributed by atoms with E-state index in [9.17, 15) is 18.3 Å². The van der Waals surface area contributed by atoms with E-state index in [4.69, 9.17) is 0 Å².